The Morgan fingerprint density at radius 3 is 1.08 bits per heavy atom. The molecule has 0 amide bonds. The van der Waals surface area contributed by atoms with Crippen LogP contribution >= 0.6 is 11.3 Å². The van der Waals surface area contributed by atoms with Gasteiger partial charge in [0.25, 0.3) is 0 Å². The number of hydrogen-bond acceptors (Lipinski definition) is 2. The van der Waals surface area contributed by atoms with Crippen LogP contribution < -0.4 is 0 Å². The third-order valence-electron chi connectivity index (χ3n) is 6.48. The summed E-state index contributed by atoms with van der Waals surface area (Å²) in [4.78, 5) is 3.01. The molecule has 0 spiro atoms. The highest BCUT2D eigenvalue weighted by Crippen LogP contribution is 2.16. The van der Waals surface area contributed by atoms with E-state index in [9.17, 15) is 0 Å². The molecule has 2 heteroatoms. The Bertz CT molecular complexity index is 979. The Labute approximate surface area is 245 Å². The molecule has 0 saturated carbocycles. The topological polar surface area (TPSA) is 13.1 Å². The summed E-state index contributed by atoms with van der Waals surface area (Å²) in [6.07, 6.45) is 8.95. The van der Waals surface area contributed by atoms with Gasteiger partial charge < -0.3 is 4.42 Å². The fraction of sp³-hybridized carbons (Fsp3) is 0.459. The Balaban J connectivity index is 0.000000490. The van der Waals surface area contributed by atoms with Crippen molar-refractivity contribution in [3.8, 4) is 0 Å². The normalized spacial score (nSPS) is 9.64. The van der Waals surface area contributed by atoms with Crippen LogP contribution in [-0.4, -0.2) is 0 Å². The van der Waals surface area contributed by atoms with Crippen LogP contribution in [0.1, 0.15) is 106 Å². The van der Waals surface area contributed by atoms with Crippen molar-refractivity contribution in [2.75, 3.05) is 0 Å². The molecule has 0 aliphatic carbocycles. The molecule has 0 unspecified atom stereocenters. The summed E-state index contributed by atoms with van der Waals surface area (Å²) in [7, 11) is 0. The van der Waals surface area contributed by atoms with Crippen LogP contribution in [0, 0.1) is 0 Å². The van der Waals surface area contributed by atoms with Gasteiger partial charge >= 0.3 is 0 Å². The quantitative estimate of drug-likeness (QED) is 0.213. The first-order chi connectivity index (χ1) is 18.5. The SMILES string of the molecule is C.CCc1ccc(CC)cc1.CCc1ccc(CC)o1.CCc1ccc(CC)s1.CCc1cccc(CC)c1. The Kier molecular flexibility index (Phi) is 20.8. The summed E-state index contributed by atoms with van der Waals surface area (Å²) in [6, 6.07) is 26.1. The minimum absolute atomic E-state index is 0. The zero-order valence-electron chi connectivity index (χ0n) is 25.4. The highest BCUT2D eigenvalue weighted by Gasteiger charge is 1.95. The molecule has 0 radical (unpaired) electrons. The summed E-state index contributed by atoms with van der Waals surface area (Å²) < 4.78 is 5.38. The molecule has 0 bridgehead atoms. The van der Waals surface area contributed by atoms with Gasteiger partial charge in [-0.1, -0.05) is 111 Å². The Morgan fingerprint density at radius 2 is 0.821 bits per heavy atom. The van der Waals surface area contributed by atoms with Gasteiger partial charge in [0, 0.05) is 22.6 Å². The van der Waals surface area contributed by atoms with Crippen LogP contribution in [0.15, 0.2) is 77.2 Å². The van der Waals surface area contributed by atoms with Gasteiger partial charge in [-0.3, -0.25) is 0 Å². The van der Waals surface area contributed by atoms with Crippen LogP contribution in [-0.2, 0) is 51.4 Å². The molecule has 216 valence electrons. The summed E-state index contributed by atoms with van der Waals surface area (Å²) in [6.45, 7) is 17.3. The van der Waals surface area contributed by atoms with Crippen molar-refractivity contribution in [2.24, 2.45) is 0 Å². The van der Waals surface area contributed by atoms with E-state index in [0.29, 0.717) is 0 Å². The summed E-state index contributed by atoms with van der Waals surface area (Å²) in [5.74, 6) is 2.18. The van der Waals surface area contributed by atoms with E-state index in [1.807, 2.05) is 23.5 Å². The lowest BCUT2D eigenvalue weighted by Gasteiger charge is -1.98. The molecule has 0 aliphatic rings. The molecule has 4 aromatic rings. The van der Waals surface area contributed by atoms with E-state index >= 15 is 0 Å². The van der Waals surface area contributed by atoms with Gasteiger partial charge in [-0.2, -0.15) is 0 Å². The molecule has 1 nitrogen and oxygen atoms in total. The van der Waals surface area contributed by atoms with E-state index in [2.05, 4.69) is 116 Å². The fourth-order valence-electron chi connectivity index (χ4n) is 3.68. The second-order valence-corrected chi connectivity index (χ2v) is 10.5. The molecule has 0 fully saturated rings. The zero-order valence-corrected chi connectivity index (χ0v) is 26.2. The molecule has 0 N–H and O–H groups in total. The molecule has 39 heavy (non-hydrogen) atoms. The Hall–Kier alpha value is -2.58. The third kappa shape index (κ3) is 15.0. The lowest BCUT2D eigenvalue weighted by molar-refractivity contribution is 0.474. The number of furan rings is 1. The lowest BCUT2D eigenvalue weighted by atomic mass is 10.1. The Morgan fingerprint density at radius 1 is 0.436 bits per heavy atom. The maximum atomic E-state index is 5.38. The highest BCUT2D eigenvalue weighted by atomic mass is 32.1. The van der Waals surface area contributed by atoms with E-state index < -0.39 is 0 Å². The number of hydrogen-bond donors (Lipinski definition) is 0. The zero-order chi connectivity index (χ0) is 28.2. The van der Waals surface area contributed by atoms with E-state index in [-0.39, 0.29) is 7.43 Å². The first-order valence-corrected chi connectivity index (χ1v) is 15.6. The molecule has 2 aromatic carbocycles. The van der Waals surface area contributed by atoms with Gasteiger partial charge in [-0.05, 0) is 85.0 Å². The number of benzene rings is 2. The van der Waals surface area contributed by atoms with Crippen molar-refractivity contribution >= 4 is 11.3 Å². The summed E-state index contributed by atoms with van der Waals surface area (Å²) in [5, 5.41) is 0. The summed E-state index contributed by atoms with van der Waals surface area (Å²) in [5.41, 5.74) is 5.74. The summed E-state index contributed by atoms with van der Waals surface area (Å²) >= 11 is 1.93. The monoisotopic (exact) mass is 548 g/mol. The molecule has 0 atom stereocenters. The predicted molar refractivity (Wildman–Crippen MR) is 178 cm³/mol. The van der Waals surface area contributed by atoms with E-state index in [4.69, 9.17) is 4.42 Å². The standard InChI is InChI=1S/2C10H14.C8H12O.C8H12S.CH4/c1-3-9-5-7-10(4-2)8-6-9;1-3-9-6-5-7-10(4-2)8-9;2*1-3-7-5-6-8(4-2)9-7;/h2*5-8H,3-4H2,1-2H3;2*5-6H,3-4H2,1-2H3;1H4. The minimum Gasteiger partial charge on any atom is -0.466 e. The van der Waals surface area contributed by atoms with Crippen LogP contribution in [0.4, 0.5) is 0 Å². The fourth-order valence-corrected chi connectivity index (χ4v) is 4.58. The van der Waals surface area contributed by atoms with Crippen molar-refractivity contribution < 1.29 is 4.42 Å². The molecule has 0 aliphatic heterocycles. The van der Waals surface area contributed by atoms with Crippen molar-refractivity contribution in [2.45, 2.75) is 114 Å². The molecular weight excluding hydrogens is 492 g/mol. The second kappa shape index (κ2) is 22.3. The molecule has 0 saturated heterocycles. The number of rotatable bonds is 8. The van der Waals surface area contributed by atoms with E-state index in [0.717, 1.165) is 50.0 Å². The first-order valence-electron chi connectivity index (χ1n) is 14.8. The molecule has 2 aromatic heterocycles. The van der Waals surface area contributed by atoms with Crippen molar-refractivity contribution in [1.82, 2.24) is 0 Å². The van der Waals surface area contributed by atoms with Gasteiger partial charge in [-0.15, -0.1) is 11.3 Å². The van der Waals surface area contributed by atoms with Crippen LogP contribution in [0.5, 0.6) is 0 Å². The van der Waals surface area contributed by atoms with Gasteiger partial charge in [-0.25, -0.2) is 0 Å². The predicted octanol–water partition coefficient (Wildman–Crippen LogP) is 11.5. The van der Waals surface area contributed by atoms with Gasteiger partial charge in [0.05, 0.1) is 0 Å². The molecule has 4 rings (SSSR count). The van der Waals surface area contributed by atoms with E-state index in [1.165, 1.54) is 44.8 Å². The smallest absolute Gasteiger partial charge is 0.103 e. The van der Waals surface area contributed by atoms with Crippen LogP contribution in [0.25, 0.3) is 0 Å². The third-order valence-corrected chi connectivity index (χ3v) is 7.85. The number of aryl methyl sites for hydroxylation is 8. The van der Waals surface area contributed by atoms with Gasteiger partial charge in [0.15, 0.2) is 0 Å². The second-order valence-electron chi connectivity index (χ2n) is 9.20. The van der Waals surface area contributed by atoms with Crippen molar-refractivity contribution in [1.29, 1.82) is 0 Å². The van der Waals surface area contributed by atoms with Gasteiger partial charge in [0.2, 0.25) is 0 Å². The lowest BCUT2D eigenvalue weighted by Crippen LogP contribution is -1.83. The van der Waals surface area contributed by atoms with Crippen molar-refractivity contribution in [3.63, 3.8) is 0 Å². The maximum absolute atomic E-state index is 5.38. The average molecular weight is 549 g/mol. The van der Waals surface area contributed by atoms with Crippen LogP contribution in [0.3, 0.4) is 0 Å². The largest absolute Gasteiger partial charge is 0.466 e. The number of thiophene rings is 1. The average Bonchev–Trinajstić information content (AvgIpc) is 3.67. The first kappa shape index (κ1) is 36.4. The van der Waals surface area contributed by atoms with Crippen LogP contribution in [0.2, 0.25) is 0 Å². The minimum atomic E-state index is 0. The highest BCUT2D eigenvalue weighted by molar-refractivity contribution is 7.11. The molecular formula is C37H56OS. The van der Waals surface area contributed by atoms with Gasteiger partial charge in [0.1, 0.15) is 11.5 Å². The van der Waals surface area contributed by atoms with Crippen molar-refractivity contribution in [3.05, 3.63) is 116 Å². The molecule has 2 heterocycles. The maximum Gasteiger partial charge on any atom is 0.103 e. The van der Waals surface area contributed by atoms with E-state index in [1.54, 1.807) is 0 Å².